The molecule has 3 rings (SSSR count). The van der Waals surface area contributed by atoms with Gasteiger partial charge in [0.15, 0.2) is 0 Å². The SMILES string of the molecule is CC(C(=O)NCC1CCCCC1)c1cccc(Cc2ccccc2)c1. The third kappa shape index (κ3) is 5.19. The summed E-state index contributed by atoms with van der Waals surface area (Å²) in [7, 11) is 0. The average Bonchev–Trinajstić information content (AvgIpc) is 2.67. The van der Waals surface area contributed by atoms with Crippen LogP contribution in [0, 0.1) is 5.92 Å². The van der Waals surface area contributed by atoms with Gasteiger partial charge >= 0.3 is 0 Å². The molecule has 0 bridgehead atoms. The fourth-order valence-corrected chi connectivity index (χ4v) is 3.74. The topological polar surface area (TPSA) is 29.1 Å². The first-order chi connectivity index (χ1) is 12.2. The smallest absolute Gasteiger partial charge is 0.227 e. The van der Waals surface area contributed by atoms with Crippen LogP contribution in [-0.4, -0.2) is 12.5 Å². The third-order valence-corrected chi connectivity index (χ3v) is 5.39. The molecule has 2 nitrogen and oxygen atoms in total. The van der Waals surface area contributed by atoms with E-state index in [2.05, 4.69) is 53.8 Å². The van der Waals surface area contributed by atoms with Crippen molar-refractivity contribution in [3.63, 3.8) is 0 Å². The zero-order valence-electron chi connectivity index (χ0n) is 15.2. The molecule has 2 aromatic carbocycles. The van der Waals surface area contributed by atoms with E-state index in [0.29, 0.717) is 5.92 Å². The van der Waals surface area contributed by atoms with E-state index in [1.165, 1.54) is 43.2 Å². The van der Waals surface area contributed by atoms with Crippen molar-refractivity contribution in [1.82, 2.24) is 5.32 Å². The summed E-state index contributed by atoms with van der Waals surface area (Å²) in [4.78, 5) is 12.5. The highest BCUT2D eigenvalue weighted by atomic mass is 16.1. The molecule has 2 aromatic rings. The van der Waals surface area contributed by atoms with E-state index < -0.39 is 0 Å². The Bertz CT molecular complexity index is 674. The van der Waals surface area contributed by atoms with Gasteiger partial charge in [-0.2, -0.15) is 0 Å². The van der Waals surface area contributed by atoms with Crippen LogP contribution in [0.5, 0.6) is 0 Å². The summed E-state index contributed by atoms with van der Waals surface area (Å²) in [5.41, 5.74) is 3.67. The van der Waals surface area contributed by atoms with E-state index in [1.54, 1.807) is 0 Å². The van der Waals surface area contributed by atoms with E-state index in [1.807, 2.05) is 13.0 Å². The molecule has 0 aromatic heterocycles. The van der Waals surface area contributed by atoms with E-state index in [-0.39, 0.29) is 11.8 Å². The lowest BCUT2D eigenvalue weighted by Gasteiger charge is -2.23. The van der Waals surface area contributed by atoms with E-state index >= 15 is 0 Å². The summed E-state index contributed by atoms with van der Waals surface area (Å²) in [6.07, 6.45) is 7.43. The highest BCUT2D eigenvalue weighted by molar-refractivity contribution is 5.83. The summed E-state index contributed by atoms with van der Waals surface area (Å²) >= 11 is 0. The van der Waals surface area contributed by atoms with Crippen LogP contribution in [0.4, 0.5) is 0 Å². The molecule has 0 aliphatic heterocycles. The molecule has 1 N–H and O–H groups in total. The minimum Gasteiger partial charge on any atom is -0.355 e. The van der Waals surface area contributed by atoms with Crippen molar-refractivity contribution in [2.45, 2.75) is 51.4 Å². The molecule has 1 aliphatic rings. The van der Waals surface area contributed by atoms with Gasteiger partial charge in [0, 0.05) is 6.54 Å². The van der Waals surface area contributed by atoms with Gasteiger partial charge in [0.05, 0.1) is 5.92 Å². The number of hydrogen-bond donors (Lipinski definition) is 1. The zero-order chi connectivity index (χ0) is 17.5. The van der Waals surface area contributed by atoms with E-state index in [4.69, 9.17) is 0 Å². The number of rotatable bonds is 6. The second-order valence-corrected chi connectivity index (χ2v) is 7.38. The summed E-state index contributed by atoms with van der Waals surface area (Å²) in [6.45, 7) is 2.85. The van der Waals surface area contributed by atoms with Crippen LogP contribution < -0.4 is 5.32 Å². The molecule has 0 saturated heterocycles. The average molecular weight is 335 g/mol. The molecule has 0 spiro atoms. The largest absolute Gasteiger partial charge is 0.355 e. The van der Waals surface area contributed by atoms with Gasteiger partial charge < -0.3 is 5.32 Å². The lowest BCUT2D eigenvalue weighted by molar-refractivity contribution is -0.122. The van der Waals surface area contributed by atoms with Crippen LogP contribution >= 0.6 is 0 Å². The van der Waals surface area contributed by atoms with Gasteiger partial charge in [-0.1, -0.05) is 73.9 Å². The molecule has 132 valence electrons. The van der Waals surface area contributed by atoms with Crippen LogP contribution in [-0.2, 0) is 11.2 Å². The molecule has 1 fully saturated rings. The number of nitrogens with one attached hydrogen (secondary N) is 1. The van der Waals surface area contributed by atoms with Crippen LogP contribution in [0.3, 0.4) is 0 Å². The molecule has 0 heterocycles. The maximum atomic E-state index is 12.5. The molecule has 1 amide bonds. The predicted octanol–water partition coefficient (Wildman–Crippen LogP) is 5.08. The molecular weight excluding hydrogens is 306 g/mol. The van der Waals surface area contributed by atoms with E-state index in [9.17, 15) is 4.79 Å². The Morgan fingerprint density at radius 1 is 1.00 bits per heavy atom. The summed E-state index contributed by atoms with van der Waals surface area (Å²) in [5.74, 6) is 0.732. The predicted molar refractivity (Wildman–Crippen MR) is 104 cm³/mol. The van der Waals surface area contributed by atoms with Gasteiger partial charge in [-0.3, -0.25) is 4.79 Å². The van der Waals surface area contributed by atoms with Crippen molar-refractivity contribution in [1.29, 1.82) is 0 Å². The molecule has 1 saturated carbocycles. The maximum absolute atomic E-state index is 12.5. The Balaban J connectivity index is 1.58. The quantitative estimate of drug-likeness (QED) is 0.784. The first-order valence-corrected chi connectivity index (χ1v) is 9.63. The summed E-state index contributed by atoms with van der Waals surface area (Å²) in [5, 5.41) is 3.18. The first kappa shape index (κ1) is 17.7. The molecule has 2 heteroatoms. The fraction of sp³-hybridized carbons (Fsp3) is 0.435. The lowest BCUT2D eigenvalue weighted by Crippen LogP contribution is -2.33. The van der Waals surface area contributed by atoms with Crippen LogP contribution in [0.1, 0.15) is 61.6 Å². The van der Waals surface area contributed by atoms with Gasteiger partial charge in [-0.15, -0.1) is 0 Å². The minimum atomic E-state index is -0.0979. The summed E-state index contributed by atoms with van der Waals surface area (Å²) < 4.78 is 0. The number of carbonyl (C=O) groups excluding carboxylic acids is 1. The maximum Gasteiger partial charge on any atom is 0.227 e. The second kappa shape index (κ2) is 8.84. The fourth-order valence-electron chi connectivity index (χ4n) is 3.74. The van der Waals surface area contributed by atoms with Crippen molar-refractivity contribution in [3.8, 4) is 0 Å². The normalized spacial score (nSPS) is 16.4. The highest BCUT2D eigenvalue weighted by Gasteiger charge is 2.18. The third-order valence-electron chi connectivity index (χ3n) is 5.39. The number of carbonyl (C=O) groups is 1. The lowest BCUT2D eigenvalue weighted by atomic mass is 9.89. The molecule has 0 radical (unpaired) electrons. The van der Waals surface area contributed by atoms with Crippen LogP contribution in [0.2, 0.25) is 0 Å². The molecule has 1 unspecified atom stereocenters. The number of benzene rings is 2. The Morgan fingerprint density at radius 2 is 1.72 bits per heavy atom. The van der Waals surface area contributed by atoms with Gasteiger partial charge in [0.1, 0.15) is 0 Å². The monoisotopic (exact) mass is 335 g/mol. The van der Waals surface area contributed by atoms with Gasteiger partial charge in [0.25, 0.3) is 0 Å². The van der Waals surface area contributed by atoms with Gasteiger partial charge in [-0.25, -0.2) is 0 Å². The van der Waals surface area contributed by atoms with Crippen molar-refractivity contribution in [2.75, 3.05) is 6.54 Å². The molecule has 25 heavy (non-hydrogen) atoms. The molecular formula is C23H29NO. The van der Waals surface area contributed by atoms with Crippen molar-refractivity contribution >= 4 is 5.91 Å². The summed E-state index contributed by atoms with van der Waals surface area (Å²) in [6, 6.07) is 18.9. The number of amides is 1. The van der Waals surface area contributed by atoms with Gasteiger partial charge in [-0.05, 0) is 48.8 Å². The minimum absolute atomic E-state index is 0.0979. The zero-order valence-corrected chi connectivity index (χ0v) is 15.2. The Hall–Kier alpha value is -2.09. The number of hydrogen-bond acceptors (Lipinski definition) is 1. The Morgan fingerprint density at radius 3 is 2.48 bits per heavy atom. The molecule has 1 atom stereocenters. The van der Waals surface area contributed by atoms with Crippen molar-refractivity contribution in [2.24, 2.45) is 5.92 Å². The van der Waals surface area contributed by atoms with Crippen LogP contribution in [0.15, 0.2) is 54.6 Å². The Kier molecular flexibility index (Phi) is 6.27. The Labute approximate surface area is 151 Å². The standard InChI is InChI=1S/C23H29NO/c1-18(23(25)24-17-20-11-6-3-7-12-20)22-14-8-13-21(16-22)15-19-9-4-2-5-10-19/h2,4-5,8-10,13-14,16,18,20H,3,6-7,11-12,15,17H2,1H3,(H,24,25). The molecule has 1 aliphatic carbocycles. The second-order valence-electron chi connectivity index (χ2n) is 7.38. The van der Waals surface area contributed by atoms with Crippen molar-refractivity contribution in [3.05, 3.63) is 71.3 Å². The van der Waals surface area contributed by atoms with E-state index in [0.717, 1.165) is 18.5 Å². The van der Waals surface area contributed by atoms with Crippen molar-refractivity contribution < 1.29 is 4.79 Å². The first-order valence-electron chi connectivity index (χ1n) is 9.63. The highest BCUT2D eigenvalue weighted by Crippen LogP contribution is 2.23. The van der Waals surface area contributed by atoms with Crippen LogP contribution in [0.25, 0.3) is 0 Å². The van der Waals surface area contributed by atoms with Gasteiger partial charge in [0.2, 0.25) is 5.91 Å².